The molecule has 3 N–H and O–H groups in total. The minimum Gasteiger partial charge on any atom is -0.477 e. The fourth-order valence-corrected chi connectivity index (χ4v) is 1.05. The van der Waals surface area contributed by atoms with Crippen LogP contribution in [0.3, 0.4) is 0 Å². The number of aromatic amines is 1. The zero-order valence-electron chi connectivity index (χ0n) is 8.70. The first-order chi connectivity index (χ1) is 7.00. The van der Waals surface area contributed by atoms with Gasteiger partial charge in [0.15, 0.2) is 0 Å². The molecule has 0 fully saturated rings. The number of carboxylic acid groups (broad SMARTS) is 1. The zero-order valence-corrected chi connectivity index (χ0v) is 8.70. The van der Waals surface area contributed by atoms with Crippen molar-refractivity contribution in [2.75, 3.05) is 0 Å². The van der Waals surface area contributed by atoms with E-state index in [4.69, 9.17) is 5.11 Å². The van der Waals surface area contributed by atoms with Gasteiger partial charge in [0.25, 0.3) is 0 Å². The van der Waals surface area contributed by atoms with Crippen molar-refractivity contribution in [2.24, 2.45) is 5.92 Å². The Balaban J connectivity index is 2.51. The van der Waals surface area contributed by atoms with Crippen molar-refractivity contribution in [3.8, 4) is 0 Å². The fourth-order valence-electron chi connectivity index (χ4n) is 1.05. The molecule has 82 valence electrons. The summed E-state index contributed by atoms with van der Waals surface area (Å²) in [7, 11) is 0. The van der Waals surface area contributed by atoms with Gasteiger partial charge in [0.1, 0.15) is 5.69 Å². The van der Waals surface area contributed by atoms with Gasteiger partial charge in [-0.2, -0.15) is 0 Å². The largest absolute Gasteiger partial charge is 0.477 e. The average Bonchev–Trinajstić information content (AvgIpc) is 2.62. The van der Waals surface area contributed by atoms with E-state index < -0.39 is 5.97 Å². The molecule has 5 heteroatoms. The Labute approximate surface area is 87.5 Å². The Morgan fingerprint density at radius 3 is 2.60 bits per heavy atom. The van der Waals surface area contributed by atoms with Crippen LogP contribution in [-0.2, 0) is 11.3 Å². The third-order valence-corrected chi connectivity index (χ3v) is 1.95. The topological polar surface area (TPSA) is 82.2 Å². The van der Waals surface area contributed by atoms with E-state index in [2.05, 4.69) is 10.3 Å². The summed E-state index contributed by atoms with van der Waals surface area (Å²) in [5.74, 6) is -1.13. The van der Waals surface area contributed by atoms with Gasteiger partial charge in [0.05, 0.1) is 6.54 Å². The van der Waals surface area contributed by atoms with Gasteiger partial charge in [-0.25, -0.2) is 4.79 Å². The van der Waals surface area contributed by atoms with Gasteiger partial charge in [-0.05, 0) is 12.1 Å². The summed E-state index contributed by atoms with van der Waals surface area (Å²) in [5, 5.41) is 11.3. The number of aromatic carboxylic acids is 1. The minimum absolute atomic E-state index is 0.0542. The average molecular weight is 210 g/mol. The summed E-state index contributed by atoms with van der Waals surface area (Å²) in [5.41, 5.74) is 0.810. The number of H-pyrrole nitrogens is 1. The smallest absolute Gasteiger partial charge is 0.352 e. The summed E-state index contributed by atoms with van der Waals surface area (Å²) in [6, 6.07) is 3.11. The molecule has 0 aliphatic heterocycles. The molecule has 0 bridgehead atoms. The summed E-state index contributed by atoms with van der Waals surface area (Å²) in [6.45, 7) is 3.92. The maximum absolute atomic E-state index is 11.2. The summed E-state index contributed by atoms with van der Waals surface area (Å²) >= 11 is 0. The molecular weight excluding hydrogens is 196 g/mol. The molecule has 0 saturated carbocycles. The SMILES string of the molecule is CC(C)C(=O)NCc1ccc(C(=O)O)[nH]1. The van der Waals surface area contributed by atoms with Crippen LogP contribution < -0.4 is 5.32 Å². The van der Waals surface area contributed by atoms with Crippen LogP contribution in [0.4, 0.5) is 0 Å². The maximum atomic E-state index is 11.2. The Kier molecular flexibility index (Phi) is 3.49. The predicted octanol–water partition coefficient (Wildman–Crippen LogP) is 0.985. The van der Waals surface area contributed by atoms with E-state index >= 15 is 0 Å². The lowest BCUT2D eigenvalue weighted by atomic mass is 10.2. The van der Waals surface area contributed by atoms with Crippen LogP contribution in [0, 0.1) is 5.92 Å². The quantitative estimate of drug-likeness (QED) is 0.693. The Morgan fingerprint density at radius 2 is 2.13 bits per heavy atom. The molecule has 0 atom stereocenters. The summed E-state index contributed by atoms with van der Waals surface area (Å²) < 4.78 is 0. The van der Waals surface area contributed by atoms with Crippen molar-refractivity contribution in [3.63, 3.8) is 0 Å². The van der Waals surface area contributed by atoms with E-state index in [1.54, 1.807) is 19.9 Å². The number of carbonyl (C=O) groups is 2. The number of carbonyl (C=O) groups excluding carboxylic acids is 1. The van der Waals surface area contributed by atoms with Crippen molar-refractivity contribution >= 4 is 11.9 Å². The van der Waals surface area contributed by atoms with Gasteiger partial charge in [0.2, 0.25) is 5.91 Å². The van der Waals surface area contributed by atoms with E-state index in [1.807, 2.05) is 0 Å². The highest BCUT2D eigenvalue weighted by Gasteiger charge is 2.08. The van der Waals surface area contributed by atoms with Crippen molar-refractivity contribution in [1.82, 2.24) is 10.3 Å². The van der Waals surface area contributed by atoms with Gasteiger partial charge in [0, 0.05) is 11.6 Å². The lowest BCUT2D eigenvalue weighted by Crippen LogP contribution is -2.27. The molecule has 0 radical (unpaired) electrons. The van der Waals surface area contributed by atoms with Gasteiger partial charge in [-0.1, -0.05) is 13.8 Å². The van der Waals surface area contributed by atoms with Crippen LogP contribution >= 0.6 is 0 Å². The third-order valence-electron chi connectivity index (χ3n) is 1.95. The molecule has 0 aliphatic carbocycles. The summed E-state index contributed by atoms with van der Waals surface area (Å²) in [4.78, 5) is 24.5. The Bertz CT molecular complexity index is 368. The van der Waals surface area contributed by atoms with E-state index in [0.29, 0.717) is 12.2 Å². The number of rotatable bonds is 4. The van der Waals surface area contributed by atoms with Crippen LogP contribution in [0.1, 0.15) is 30.0 Å². The van der Waals surface area contributed by atoms with Crippen LogP contribution in [0.25, 0.3) is 0 Å². The number of aromatic nitrogens is 1. The minimum atomic E-state index is -1.00. The van der Waals surface area contributed by atoms with Gasteiger partial charge >= 0.3 is 5.97 Å². The molecule has 1 aromatic rings. The molecule has 1 amide bonds. The Hall–Kier alpha value is -1.78. The second-order valence-electron chi connectivity index (χ2n) is 3.57. The lowest BCUT2D eigenvalue weighted by molar-refractivity contribution is -0.124. The van der Waals surface area contributed by atoms with Crippen LogP contribution in [0.5, 0.6) is 0 Å². The predicted molar refractivity (Wildman–Crippen MR) is 54.4 cm³/mol. The number of hydrogen-bond donors (Lipinski definition) is 3. The molecule has 1 aromatic heterocycles. The number of amides is 1. The second-order valence-corrected chi connectivity index (χ2v) is 3.57. The van der Waals surface area contributed by atoms with Gasteiger partial charge in [-0.3, -0.25) is 4.79 Å². The first-order valence-electron chi connectivity index (χ1n) is 4.69. The fraction of sp³-hybridized carbons (Fsp3) is 0.400. The molecule has 15 heavy (non-hydrogen) atoms. The Morgan fingerprint density at radius 1 is 1.47 bits per heavy atom. The monoisotopic (exact) mass is 210 g/mol. The molecule has 5 nitrogen and oxygen atoms in total. The lowest BCUT2D eigenvalue weighted by Gasteiger charge is -2.05. The van der Waals surface area contributed by atoms with E-state index in [9.17, 15) is 9.59 Å². The molecular formula is C10H14N2O3. The third kappa shape index (κ3) is 3.12. The second kappa shape index (κ2) is 4.63. The van der Waals surface area contributed by atoms with E-state index in [-0.39, 0.29) is 17.5 Å². The zero-order chi connectivity index (χ0) is 11.4. The first-order valence-corrected chi connectivity index (χ1v) is 4.69. The normalized spacial score (nSPS) is 10.3. The first kappa shape index (κ1) is 11.3. The standard InChI is InChI=1S/C10H14N2O3/c1-6(2)9(13)11-5-7-3-4-8(12-7)10(14)15/h3-4,6,12H,5H2,1-2H3,(H,11,13)(H,14,15). The molecule has 0 aliphatic rings. The van der Waals surface area contributed by atoms with Gasteiger partial charge < -0.3 is 15.4 Å². The van der Waals surface area contributed by atoms with Crippen LogP contribution in [-0.4, -0.2) is 22.0 Å². The van der Waals surface area contributed by atoms with Crippen molar-refractivity contribution < 1.29 is 14.7 Å². The van der Waals surface area contributed by atoms with Crippen LogP contribution in [0.15, 0.2) is 12.1 Å². The highest BCUT2D eigenvalue weighted by molar-refractivity contribution is 5.85. The molecule has 0 unspecified atom stereocenters. The highest BCUT2D eigenvalue weighted by Crippen LogP contribution is 2.02. The number of hydrogen-bond acceptors (Lipinski definition) is 2. The maximum Gasteiger partial charge on any atom is 0.352 e. The molecule has 1 rings (SSSR count). The molecule has 0 spiro atoms. The number of nitrogens with one attached hydrogen (secondary N) is 2. The van der Waals surface area contributed by atoms with E-state index in [1.165, 1.54) is 6.07 Å². The molecule has 0 aromatic carbocycles. The molecule has 0 saturated heterocycles. The van der Waals surface area contributed by atoms with E-state index in [0.717, 1.165) is 0 Å². The summed E-state index contributed by atoms with van der Waals surface area (Å²) in [6.07, 6.45) is 0. The van der Waals surface area contributed by atoms with Crippen molar-refractivity contribution in [1.29, 1.82) is 0 Å². The number of carboxylic acids is 1. The van der Waals surface area contributed by atoms with Crippen molar-refractivity contribution in [2.45, 2.75) is 20.4 Å². The van der Waals surface area contributed by atoms with Crippen molar-refractivity contribution in [3.05, 3.63) is 23.5 Å². The van der Waals surface area contributed by atoms with Crippen LogP contribution in [0.2, 0.25) is 0 Å². The highest BCUT2D eigenvalue weighted by atomic mass is 16.4. The van der Waals surface area contributed by atoms with Gasteiger partial charge in [-0.15, -0.1) is 0 Å². The molecule has 1 heterocycles.